The van der Waals surface area contributed by atoms with E-state index in [2.05, 4.69) is 31.8 Å². The Bertz CT molecular complexity index is 710. The molecule has 0 aliphatic carbocycles. The van der Waals surface area contributed by atoms with Crippen molar-refractivity contribution >= 4 is 51.0 Å². The Labute approximate surface area is 146 Å². The summed E-state index contributed by atoms with van der Waals surface area (Å²) in [5.74, 6) is -0.499. The second-order valence-corrected chi connectivity index (χ2v) is 7.03. The van der Waals surface area contributed by atoms with E-state index in [1.807, 2.05) is 31.2 Å². The lowest BCUT2D eigenvalue weighted by Crippen LogP contribution is -2.20. The van der Waals surface area contributed by atoms with Gasteiger partial charge in [-0.3, -0.25) is 9.59 Å². The maximum absolute atomic E-state index is 11.8. The summed E-state index contributed by atoms with van der Waals surface area (Å²) in [6.45, 7) is 2.00. The van der Waals surface area contributed by atoms with Crippen LogP contribution in [0.2, 0.25) is 0 Å². The van der Waals surface area contributed by atoms with Gasteiger partial charge in [-0.25, -0.2) is 5.43 Å². The number of hydrogen-bond acceptors (Lipinski definition) is 4. The molecule has 0 aliphatic rings. The van der Waals surface area contributed by atoms with Crippen molar-refractivity contribution in [1.82, 2.24) is 5.43 Å². The zero-order valence-corrected chi connectivity index (χ0v) is 14.9. The number of amides is 2. The van der Waals surface area contributed by atoms with Crippen molar-refractivity contribution in [2.45, 2.75) is 19.8 Å². The quantitative estimate of drug-likeness (QED) is 0.580. The van der Waals surface area contributed by atoms with Crippen molar-refractivity contribution in [2.75, 3.05) is 5.32 Å². The van der Waals surface area contributed by atoms with E-state index in [9.17, 15) is 9.59 Å². The molecule has 0 radical (unpaired) electrons. The van der Waals surface area contributed by atoms with Gasteiger partial charge in [-0.2, -0.15) is 5.10 Å². The van der Waals surface area contributed by atoms with Gasteiger partial charge in [0.15, 0.2) is 0 Å². The fourth-order valence-electron chi connectivity index (χ4n) is 1.73. The molecule has 2 aromatic rings. The molecule has 2 rings (SSSR count). The highest BCUT2D eigenvalue weighted by Crippen LogP contribution is 2.14. The maximum Gasteiger partial charge on any atom is 0.240 e. The zero-order valence-electron chi connectivity index (χ0n) is 12.5. The van der Waals surface area contributed by atoms with E-state index in [1.54, 1.807) is 29.7 Å². The van der Waals surface area contributed by atoms with Crippen molar-refractivity contribution in [2.24, 2.45) is 5.10 Å². The Balaban J connectivity index is 1.70. The Morgan fingerprint density at radius 3 is 2.48 bits per heavy atom. The molecule has 0 atom stereocenters. The average molecular weight is 394 g/mol. The number of carbonyl (C=O) groups excluding carboxylic acids is 2. The van der Waals surface area contributed by atoms with E-state index in [0.717, 1.165) is 9.35 Å². The second kappa shape index (κ2) is 8.59. The molecule has 0 unspecified atom stereocenters. The predicted octanol–water partition coefficient (Wildman–Crippen LogP) is 3.69. The first-order chi connectivity index (χ1) is 11.0. The molecule has 1 aromatic carbocycles. The number of aryl methyl sites for hydroxylation is 1. The van der Waals surface area contributed by atoms with Crippen LogP contribution in [0.25, 0.3) is 0 Å². The highest BCUT2D eigenvalue weighted by atomic mass is 79.9. The van der Waals surface area contributed by atoms with Crippen LogP contribution in [0.4, 0.5) is 5.69 Å². The molecule has 0 saturated carbocycles. The number of hydrogen-bond donors (Lipinski definition) is 2. The standard InChI is InChI=1S/C16H16BrN3O2S/c1-11-2-7-14(23-11)10-18-20-16(22)9-8-15(21)19-13-5-3-12(17)4-6-13/h2-7,10H,8-9H2,1H3,(H,19,21)(H,20,22). The molecule has 0 aliphatic heterocycles. The SMILES string of the molecule is Cc1ccc(C=NNC(=O)CCC(=O)Nc2ccc(Br)cc2)s1. The van der Waals surface area contributed by atoms with Gasteiger partial charge in [0.2, 0.25) is 11.8 Å². The molecule has 0 fully saturated rings. The van der Waals surface area contributed by atoms with E-state index in [0.29, 0.717) is 5.69 Å². The van der Waals surface area contributed by atoms with Gasteiger partial charge >= 0.3 is 0 Å². The van der Waals surface area contributed by atoms with Crippen molar-refractivity contribution in [3.8, 4) is 0 Å². The molecule has 0 bridgehead atoms. The molecule has 2 amide bonds. The number of anilines is 1. The smallest absolute Gasteiger partial charge is 0.240 e. The fraction of sp³-hybridized carbons (Fsp3) is 0.188. The van der Waals surface area contributed by atoms with Gasteiger partial charge in [-0.15, -0.1) is 11.3 Å². The zero-order chi connectivity index (χ0) is 16.7. The summed E-state index contributed by atoms with van der Waals surface area (Å²) in [6, 6.07) is 11.2. The first kappa shape index (κ1) is 17.4. The molecule has 23 heavy (non-hydrogen) atoms. The number of hydrazone groups is 1. The highest BCUT2D eigenvalue weighted by Gasteiger charge is 2.06. The average Bonchev–Trinajstić information content (AvgIpc) is 2.93. The number of nitrogens with one attached hydrogen (secondary N) is 2. The molecule has 0 saturated heterocycles. The van der Waals surface area contributed by atoms with E-state index < -0.39 is 0 Å². The maximum atomic E-state index is 11.8. The number of thiophene rings is 1. The lowest BCUT2D eigenvalue weighted by molar-refractivity contribution is -0.124. The van der Waals surface area contributed by atoms with Crippen LogP contribution in [0.3, 0.4) is 0 Å². The normalized spacial score (nSPS) is 10.7. The van der Waals surface area contributed by atoms with Crippen molar-refractivity contribution in [1.29, 1.82) is 0 Å². The minimum Gasteiger partial charge on any atom is -0.326 e. The molecular formula is C16H16BrN3O2S. The van der Waals surface area contributed by atoms with Crippen LogP contribution in [0, 0.1) is 6.92 Å². The molecule has 7 heteroatoms. The molecule has 5 nitrogen and oxygen atoms in total. The first-order valence-corrected chi connectivity index (χ1v) is 8.57. The second-order valence-electron chi connectivity index (χ2n) is 4.80. The molecule has 1 aromatic heterocycles. The third-order valence-electron chi connectivity index (χ3n) is 2.85. The van der Waals surface area contributed by atoms with Crippen LogP contribution in [-0.4, -0.2) is 18.0 Å². The van der Waals surface area contributed by atoms with Gasteiger partial charge in [0.05, 0.1) is 6.21 Å². The number of carbonyl (C=O) groups is 2. The first-order valence-electron chi connectivity index (χ1n) is 6.97. The summed E-state index contributed by atoms with van der Waals surface area (Å²) in [4.78, 5) is 25.5. The van der Waals surface area contributed by atoms with Gasteiger partial charge in [0, 0.05) is 32.8 Å². The van der Waals surface area contributed by atoms with Gasteiger partial charge in [-0.05, 0) is 43.3 Å². The summed E-state index contributed by atoms with van der Waals surface area (Å²) in [7, 11) is 0. The van der Waals surface area contributed by atoms with Gasteiger partial charge in [-0.1, -0.05) is 15.9 Å². The predicted molar refractivity (Wildman–Crippen MR) is 96.8 cm³/mol. The summed E-state index contributed by atoms with van der Waals surface area (Å²) in [5.41, 5.74) is 3.12. The Morgan fingerprint density at radius 2 is 1.83 bits per heavy atom. The van der Waals surface area contributed by atoms with E-state index in [1.165, 1.54) is 4.88 Å². The van der Waals surface area contributed by atoms with Crippen molar-refractivity contribution in [3.05, 3.63) is 50.6 Å². The van der Waals surface area contributed by atoms with E-state index in [-0.39, 0.29) is 24.7 Å². The molecule has 1 heterocycles. The number of rotatable bonds is 6. The third-order valence-corrected chi connectivity index (χ3v) is 4.31. The van der Waals surface area contributed by atoms with Crippen LogP contribution in [-0.2, 0) is 9.59 Å². The summed E-state index contributed by atoms with van der Waals surface area (Å²) in [5, 5.41) is 6.61. The third kappa shape index (κ3) is 6.33. The van der Waals surface area contributed by atoms with Crippen LogP contribution < -0.4 is 10.7 Å². The monoisotopic (exact) mass is 393 g/mol. The fourth-order valence-corrected chi connectivity index (χ4v) is 2.74. The Morgan fingerprint density at radius 1 is 1.13 bits per heavy atom. The minimum absolute atomic E-state index is 0.0865. The highest BCUT2D eigenvalue weighted by molar-refractivity contribution is 9.10. The molecule has 0 spiro atoms. The topological polar surface area (TPSA) is 70.6 Å². The van der Waals surface area contributed by atoms with Gasteiger partial charge in [0.1, 0.15) is 0 Å². The van der Waals surface area contributed by atoms with E-state index >= 15 is 0 Å². The van der Waals surface area contributed by atoms with Crippen molar-refractivity contribution < 1.29 is 9.59 Å². The Kier molecular flexibility index (Phi) is 6.49. The van der Waals surface area contributed by atoms with Crippen LogP contribution in [0.15, 0.2) is 46.0 Å². The molecular weight excluding hydrogens is 378 g/mol. The van der Waals surface area contributed by atoms with Gasteiger partial charge in [0.25, 0.3) is 0 Å². The largest absolute Gasteiger partial charge is 0.326 e. The number of nitrogens with zero attached hydrogens (tertiary/aromatic N) is 1. The van der Waals surface area contributed by atoms with Crippen LogP contribution in [0.5, 0.6) is 0 Å². The summed E-state index contributed by atoms with van der Waals surface area (Å²) < 4.78 is 0.939. The molecule has 120 valence electrons. The summed E-state index contributed by atoms with van der Waals surface area (Å²) >= 11 is 4.92. The number of halogens is 1. The summed E-state index contributed by atoms with van der Waals surface area (Å²) in [6.07, 6.45) is 1.79. The lowest BCUT2D eigenvalue weighted by Gasteiger charge is -2.04. The number of benzene rings is 1. The van der Waals surface area contributed by atoms with Crippen LogP contribution >= 0.6 is 27.3 Å². The van der Waals surface area contributed by atoms with Gasteiger partial charge < -0.3 is 5.32 Å². The van der Waals surface area contributed by atoms with Crippen molar-refractivity contribution in [3.63, 3.8) is 0 Å². The minimum atomic E-state index is -0.291. The lowest BCUT2D eigenvalue weighted by atomic mass is 10.2. The van der Waals surface area contributed by atoms with Crippen LogP contribution in [0.1, 0.15) is 22.6 Å². The molecule has 2 N–H and O–H groups in total. The van der Waals surface area contributed by atoms with E-state index in [4.69, 9.17) is 0 Å². The Hall–Kier alpha value is -1.99.